The molecule has 1 unspecified atom stereocenters. The molecule has 2 aromatic carbocycles. The van der Waals surface area contributed by atoms with Crippen molar-refractivity contribution in [1.29, 1.82) is 0 Å². The Labute approximate surface area is 198 Å². The second kappa shape index (κ2) is 10.3. The van der Waals surface area contributed by atoms with Gasteiger partial charge in [-0.25, -0.2) is 9.59 Å². The Balaban J connectivity index is 1.37. The summed E-state index contributed by atoms with van der Waals surface area (Å²) in [6.07, 6.45) is -0.223. The lowest BCUT2D eigenvalue weighted by Crippen LogP contribution is -2.45. The highest BCUT2D eigenvalue weighted by Gasteiger charge is 2.39. The van der Waals surface area contributed by atoms with Crippen molar-refractivity contribution in [2.75, 3.05) is 13.2 Å². The van der Waals surface area contributed by atoms with Crippen molar-refractivity contribution >= 4 is 18.0 Å². The summed E-state index contributed by atoms with van der Waals surface area (Å²) in [5, 5.41) is 21.9. The first-order valence-electron chi connectivity index (χ1n) is 11.7. The Morgan fingerprint density at radius 2 is 1.71 bits per heavy atom. The van der Waals surface area contributed by atoms with Gasteiger partial charge < -0.3 is 25.2 Å². The first kappa shape index (κ1) is 23.8. The van der Waals surface area contributed by atoms with Crippen LogP contribution < -0.4 is 5.32 Å². The molecule has 1 saturated heterocycles. The van der Waals surface area contributed by atoms with Crippen LogP contribution in [0, 0.1) is 0 Å². The number of hydrogen-bond acceptors (Lipinski definition) is 5. The van der Waals surface area contributed by atoms with Crippen molar-refractivity contribution in [3.8, 4) is 11.1 Å². The van der Waals surface area contributed by atoms with Gasteiger partial charge in [-0.05, 0) is 28.7 Å². The number of aliphatic hydroxyl groups excluding tert-OH is 1. The second-order valence-corrected chi connectivity index (χ2v) is 8.95. The van der Waals surface area contributed by atoms with Crippen LogP contribution in [-0.4, -0.2) is 64.4 Å². The molecule has 1 aliphatic heterocycles. The Morgan fingerprint density at radius 1 is 1.09 bits per heavy atom. The van der Waals surface area contributed by atoms with E-state index in [4.69, 9.17) is 4.74 Å². The van der Waals surface area contributed by atoms with Crippen molar-refractivity contribution in [1.82, 2.24) is 10.2 Å². The van der Waals surface area contributed by atoms with Crippen molar-refractivity contribution in [2.24, 2.45) is 0 Å². The van der Waals surface area contributed by atoms with E-state index in [-0.39, 0.29) is 31.9 Å². The molecule has 0 spiro atoms. The highest BCUT2D eigenvalue weighted by molar-refractivity contribution is 5.85. The molecular formula is C26H30N2O6. The molecule has 2 amide bonds. The predicted molar refractivity (Wildman–Crippen MR) is 125 cm³/mol. The maximum absolute atomic E-state index is 12.8. The minimum absolute atomic E-state index is 0.0132. The third-order valence-electron chi connectivity index (χ3n) is 6.61. The number of likely N-dealkylation sites (tertiary alicyclic amines) is 1. The first-order chi connectivity index (χ1) is 16.4. The Hall–Kier alpha value is -3.39. The van der Waals surface area contributed by atoms with Gasteiger partial charge in [0, 0.05) is 31.3 Å². The number of nitrogens with zero attached hydrogens (tertiary/aromatic N) is 1. The van der Waals surface area contributed by atoms with Crippen LogP contribution in [0.25, 0.3) is 11.1 Å². The fraction of sp³-hybridized carbons (Fsp3) is 0.423. The van der Waals surface area contributed by atoms with Crippen molar-refractivity contribution in [3.63, 3.8) is 0 Å². The molecule has 3 atom stereocenters. The number of alkyl carbamates (subject to hydrolysis) is 1. The van der Waals surface area contributed by atoms with Gasteiger partial charge in [-0.3, -0.25) is 4.79 Å². The van der Waals surface area contributed by atoms with Gasteiger partial charge in [-0.2, -0.15) is 0 Å². The van der Waals surface area contributed by atoms with Crippen LogP contribution in [0.5, 0.6) is 0 Å². The van der Waals surface area contributed by atoms with Crippen LogP contribution >= 0.6 is 0 Å². The van der Waals surface area contributed by atoms with Crippen LogP contribution in [0.3, 0.4) is 0 Å². The number of nitrogens with one attached hydrogen (secondary N) is 1. The zero-order chi connectivity index (χ0) is 24.2. The van der Waals surface area contributed by atoms with Crippen LogP contribution in [0.4, 0.5) is 4.79 Å². The van der Waals surface area contributed by atoms with Gasteiger partial charge in [-0.1, -0.05) is 61.9 Å². The van der Waals surface area contributed by atoms with Gasteiger partial charge >= 0.3 is 12.1 Å². The molecule has 0 radical (unpaired) electrons. The zero-order valence-corrected chi connectivity index (χ0v) is 19.1. The Morgan fingerprint density at radius 3 is 2.29 bits per heavy atom. The lowest BCUT2D eigenvalue weighted by Gasteiger charge is -2.25. The molecule has 0 bridgehead atoms. The number of carboxylic acids is 1. The normalized spacial score (nSPS) is 19.9. The number of aliphatic carboxylic acids is 1. The van der Waals surface area contributed by atoms with E-state index in [2.05, 4.69) is 17.4 Å². The average molecular weight is 467 g/mol. The third-order valence-corrected chi connectivity index (χ3v) is 6.61. The number of rotatable bonds is 8. The van der Waals surface area contributed by atoms with E-state index >= 15 is 0 Å². The molecular weight excluding hydrogens is 436 g/mol. The number of carbonyl (C=O) groups excluding carboxylic acids is 2. The summed E-state index contributed by atoms with van der Waals surface area (Å²) < 4.78 is 5.59. The molecule has 8 nitrogen and oxygen atoms in total. The van der Waals surface area contributed by atoms with Gasteiger partial charge in [0.1, 0.15) is 12.6 Å². The number of amides is 2. The quantitative estimate of drug-likeness (QED) is 0.551. The maximum atomic E-state index is 12.8. The summed E-state index contributed by atoms with van der Waals surface area (Å²) in [5.41, 5.74) is 4.51. The molecule has 1 heterocycles. The Kier molecular flexibility index (Phi) is 7.17. The van der Waals surface area contributed by atoms with E-state index in [1.165, 1.54) is 4.90 Å². The van der Waals surface area contributed by atoms with E-state index < -0.39 is 36.2 Å². The molecule has 2 aliphatic rings. The molecule has 34 heavy (non-hydrogen) atoms. The summed E-state index contributed by atoms with van der Waals surface area (Å²) in [6.45, 7) is 2.10. The molecule has 3 N–H and O–H groups in total. The highest BCUT2D eigenvalue weighted by Crippen LogP contribution is 2.44. The molecule has 0 saturated carbocycles. The van der Waals surface area contributed by atoms with Gasteiger partial charge in [0.05, 0.1) is 6.10 Å². The fourth-order valence-corrected chi connectivity index (χ4v) is 5.03. The number of hydrogen-bond donors (Lipinski definition) is 3. The largest absolute Gasteiger partial charge is 0.480 e. The molecule has 180 valence electrons. The lowest BCUT2D eigenvalue weighted by molar-refractivity contribution is -0.148. The third kappa shape index (κ3) is 4.92. The number of carboxylic acid groups (broad SMARTS) is 1. The standard InChI is InChI=1S/C26H30N2O6/c1-2-7-16(12-24(30)28-14-17(29)13-23(28)25(31)32)27-26(33)34-15-22-20-10-5-3-8-18(20)19-9-4-6-11-21(19)22/h3-6,8-11,16-17,22-23,29H,2,7,12-15H2,1H3,(H,27,33)(H,31,32)/t16?,17-,23-/m0/s1. The molecule has 1 fully saturated rings. The number of fused-ring (bicyclic) bond motifs is 3. The highest BCUT2D eigenvalue weighted by atomic mass is 16.5. The van der Waals surface area contributed by atoms with Gasteiger partial charge in [-0.15, -0.1) is 0 Å². The predicted octanol–water partition coefficient (Wildman–Crippen LogP) is 3.13. The number of carbonyl (C=O) groups is 3. The van der Waals surface area contributed by atoms with Crippen molar-refractivity contribution < 1.29 is 29.3 Å². The summed E-state index contributed by atoms with van der Waals surface area (Å²) in [5.74, 6) is -1.60. The molecule has 1 aliphatic carbocycles. The molecule has 8 heteroatoms. The fourth-order valence-electron chi connectivity index (χ4n) is 5.03. The Bertz CT molecular complexity index is 1030. The summed E-state index contributed by atoms with van der Waals surface area (Å²) in [7, 11) is 0. The van der Waals surface area contributed by atoms with Crippen LogP contribution in [-0.2, 0) is 14.3 Å². The van der Waals surface area contributed by atoms with E-state index in [0.29, 0.717) is 6.42 Å². The SMILES string of the molecule is CCCC(CC(=O)N1C[C@@H](O)C[C@H]1C(=O)O)NC(=O)OCC1c2ccccc2-c2ccccc21. The van der Waals surface area contributed by atoms with Crippen LogP contribution in [0.2, 0.25) is 0 Å². The smallest absolute Gasteiger partial charge is 0.407 e. The number of ether oxygens (including phenoxy) is 1. The topological polar surface area (TPSA) is 116 Å². The van der Waals surface area contributed by atoms with E-state index in [1.807, 2.05) is 43.3 Å². The lowest BCUT2D eigenvalue weighted by atomic mass is 9.98. The molecule has 4 rings (SSSR count). The van der Waals surface area contributed by atoms with E-state index in [1.54, 1.807) is 0 Å². The maximum Gasteiger partial charge on any atom is 0.407 e. The van der Waals surface area contributed by atoms with E-state index in [0.717, 1.165) is 28.7 Å². The van der Waals surface area contributed by atoms with Gasteiger partial charge in [0.2, 0.25) is 5.91 Å². The average Bonchev–Trinajstić information content (AvgIpc) is 3.36. The molecule has 0 aromatic heterocycles. The summed E-state index contributed by atoms with van der Waals surface area (Å²) in [6, 6.07) is 14.6. The minimum Gasteiger partial charge on any atom is -0.480 e. The van der Waals surface area contributed by atoms with Crippen molar-refractivity contribution in [2.45, 2.75) is 56.7 Å². The monoisotopic (exact) mass is 466 g/mol. The number of aliphatic hydroxyl groups is 1. The first-order valence-corrected chi connectivity index (χ1v) is 11.7. The minimum atomic E-state index is -1.14. The van der Waals surface area contributed by atoms with Gasteiger partial charge in [0.25, 0.3) is 0 Å². The van der Waals surface area contributed by atoms with E-state index in [9.17, 15) is 24.6 Å². The summed E-state index contributed by atoms with van der Waals surface area (Å²) in [4.78, 5) is 38.0. The van der Waals surface area contributed by atoms with Crippen molar-refractivity contribution in [3.05, 3.63) is 59.7 Å². The zero-order valence-electron chi connectivity index (χ0n) is 19.1. The molecule has 2 aromatic rings. The van der Waals surface area contributed by atoms with Gasteiger partial charge in [0.15, 0.2) is 0 Å². The summed E-state index contributed by atoms with van der Waals surface area (Å²) >= 11 is 0. The van der Waals surface area contributed by atoms with Crippen LogP contribution in [0.1, 0.15) is 49.7 Å². The van der Waals surface area contributed by atoms with Crippen LogP contribution in [0.15, 0.2) is 48.5 Å². The number of benzene rings is 2. The number of β-amino-alcohol motifs (C(OH)–C–C–N with tert-alkyl or cyclic N) is 1. The second-order valence-electron chi connectivity index (χ2n) is 8.95.